The highest BCUT2D eigenvalue weighted by Crippen LogP contribution is 2.41. The van der Waals surface area contributed by atoms with Crippen LogP contribution in [0, 0.1) is 5.41 Å². The normalized spacial score (nSPS) is 36.0. The molecular formula is C8H17NO2. The average Bonchev–Trinajstić information content (AvgIpc) is 2.26. The summed E-state index contributed by atoms with van der Waals surface area (Å²) < 4.78 is 5.50. The third-order valence-electron chi connectivity index (χ3n) is 3.01. The SMILES string of the molecule is CC1(C)OCCC1(CN)CO. The molecule has 0 aromatic heterocycles. The molecule has 66 valence electrons. The summed E-state index contributed by atoms with van der Waals surface area (Å²) in [5.74, 6) is 0. The van der Waals surface area contributed by atoms with Crippen molar-refractivity contribution in [2.75, 3.05) is 19.8 Å². The van der Waals surface area contributed by atoms with Gasteiger partial charge < -0.3 is 15.6 Å². The summed E-state index contributed by atoms with van der Waals surface area (Å²) in [5.41, 5.74) is 5.13. The highest BCUT2D eigenvalue weighted by atomic mass is 16.5. The second-order valence-electron chi connectivity index (χ2n) is 3.75. The van der Waals surface area contributed by atoms with E-state index >= 15 is 0 Å². The maximum Gasteiger partial charge on any atom is 0.0717 e. The number of ether oxygens (including phenoxy) is 1. The Morgan fingerprint density at radius 3 is 2.36 bits per heavy atom. The van der Waals surface area contributed by atoms with Gasteiger partial charge in [-0.2, -0.15) is 0 Å². The molecule has 1 heterocycles. The van der Waals surface area contributed by atoms with E-state index in [0.29, 0.717) is 13.2 Å². The maximum absolute atomic E-state index is 9.19. The molecule has 3 nitrogen and oxygen atoms in total. The zero-order chi connectivity index (χ0) is 8.54. The van der Waals surface area contributed by atoms with Gasteiger partial charge in [-0.25, -0.2) is 0 Å². The first-order valence-corrected chi connectivity index (χ1v) is 4.03. The average molecular weight is 159 g/mol. The molecule has 0 aromatic rings. The summed E-state index contributed by atoms with van der Waals surface area (Å²) in [5, 5.41) is 9.19. The van der Waals surface area contributed by atoms with Crippen LogP contribution in [0.4, 0.5) is 0 Å². The van der Waals surface area contributed by atoms with Crippen molar-refractivity contribution in [3.8, 4) is 0 Å². The number of aliphatic hydroxyl groups excluding tert-OH is 1. The predicted molar refractivity (Wildman–Crippen MR) is 43.2 cm³/mol. The van der Waals surface area contributed by atoms with Gasteiger partial charge in [-0.05, 0) is 20.3 Å². The van der Waals surface area contributed by atoms with Crippen molar-refractivity contribution in [2.24, 2.45) is 11.1 Å². The lowest BCUT2D eigenvalue weighted by Gasteiger charge is -2.37. The van der Waals surface area contributed by atoms with Gasteiger partial charge in [-0.15, -0.1) is 0 Å². The standard InChI is InChI=1S/C8H17NO2/c1-7(2)8(5-9,6-10)3-4-11-7/h10H,3-6,9H2,1-2H3. The number of nitrogens with two attached hydrogens (primary N) is 1. The molecule has 1 aliphatic heterocycles. The number of hydrogen-bond acceptors (Lipinski definition) is 3. The smallest absolute Gasteiger partial charge is 0.0717 e. The van der Waals surface area contributed by atoms with Crippen LogP contribution in [0.1, 0.15) is 20.3 Å². The molecule has 0 aromatic carbocycles. The summed E-state index contributed by atoms with van der Waals surface area (Å²) in [6.45, 7) is 5.31. The van der Waals surface area contributed by atoms with E-state index in [-0.39, 0.29) is 17.6 Å². The Morgan fingerprint density at radius 1 is 1.55 bits per heavy atom. The van der Waals surface area contributed by atoms with Gasteiger partial charge in [0.1, 0.15) is 0 Å². The van der Waals surface area contributed by atoms with Gasteiger partial charge in [-0.1, -0.05) is 0 Å². The molecule has 0 aliphatic carbocycles. The summed E-state index contributed by atoms with van der Waals surface area (Å²) >= 11 is 0. The van der Waals surface area contributed by atoms with E-state index in [4.69, 9.17) is 10.5 Å². The van der Waals surface area contributed by atoms with Crippen molar-refractivity contribution in [2.45, 2.75) is 25.9 Å². The van der Waals surface area contributed by atoms with Crippen molar-refractivity contribution < 1.29 is 9.84 Å². The third kappa shape index (κ3) is 1.17. The molecule has 1 saturated heterocycles. The zero-order valence-corrected chi connectivity index (χ0v) is 7.26. The molecule has 1 rings (SSSR count). The van der Waals surface area contributed by atoms with E-state index in [1.807, 2.05) is 13.8 Å². The minimum atomic E-state index is -0.267. The lowest BCUT2D eigenvalue weighted by molar-refractivity contribution is -0.0514. The Hall–Kier alpha value is -0.120. The van der Waals surface area contributed by atoms with Gasteiger partial charge in [-0.3, -0.25) is 0 Å². The van der Waals surface area contributed by atoms with Crippen LogP contribution >= 0.6 is 0 Å². The molecule has 1 atom stereocenters. The van der Waals surface area contributed by atoms with Crippen LogP contribution in [-0.2, 0) is 4.74 Å². The molecule has 11 heavy (non-hydrogen) atoms. The first kappa shape index (κ1) is 8.97. The maximum atomic E-state index is 9.19. The molecule has 0 radical (unpaired) electrons. The minimum Gasteiger partial charge on any atom is -0.396 e. The number of hydrogen-bond donors (Lipinski definition) is 2. The van der Waals surface area contributed by atoms with Gasteiger partial charge in [0.05, 0.1) is 12.2 Å². The molecule has 0 spiro atoms. The molecule has 0 saturated carbocycles. The van der Waals surface area contributed by atoms with E-state index < -0.39 is 0 Å². The predicted octanol–water partition coefficient (Wildman–Crippen LogP) is 0.123. The highest BCUT2D eigenvalue weighted by Gasteiger charge is 2.48. The van der Waals surface area contributed by atoms with Crippen LogP contribution in [-0.4, -0.2) is 30.5 Å². The molecule has 0 amide bonds. The zero-order valence-electron chi connectivity index (χ0n) is 7.26. The fourth-order valence-electron chi connectivity index (χ4n) is 1.64. The molecule has 3 N–H and O–H groups in total. The first-order valence-electron chi connectivity index (χ1n) is 4.03. The van der Waals surface area contributed by atoms with Crippen molar-refractivity contribution in [1.82, 2.24) is 0 Å². The highest BCUT2D eigenvalue weighted by molar-refractivity contribution is 4.98. The monoisotopic (exact) mass is 159 g/mol. The van der Waals surface area contributed by atoms with Gasteiger partial charge in [0.2, 0.25) is 0 Å². The van der Waals surface area contributed by atoms with Crippen LogP contribution in [0.2, 0.25) is 0 Å². The Kier molecular flexibility index (Phi) is 2.23. The Morgan fingerprint density at radius 2 is 2.18 bits per heavy atom. The van der Waals surface area contributed by atoms with E-state index in [1.165, 1.54) is 0 Å². The van der Waals surface area contributed by atoms with Crippen LogP contribution in [0.15, 0.2) is 0 Å². The molecule has 1 fully saturated rings. The summed E-state index contributed by atoms with van der Waals surface area (Å²) in [6, 6.07) is 0. The molecule has 1 unspecified atom stereocenters. The van der Waals surface area contributed by atoms with Crippen molar-refractivity contribution in [3.05, 3.63) is 0 Å². The summed E-state index contributed by atoms with van der Waals surface area (Å²) in [7, 11) is 0. The Labute approximate surface area is 67.5 Å². The van der Waals surface area contributed by atoms with Gasteiger partial charge in [0, 0.05) is 18.6 Å². The Bertz CT molecular complexity index is 141. The molecule has 1 aliphatic rings. The summed E-state index contributed by atoms with van der Waals surface area (Å²) in [6.07, 6.45) is 0.868. The minimum absolute atomic E-state index is 0.122. The quantitative estimate of drug-likeness (QED) is 0.602. The van der Waals surface area contributed by atoms with Crippen LogP contribution < -0.4 is 5.73 Å². The third-order valence-corrected chi connectivity index (χ3v) is 3.01. The fourth-order valence-corrected chi connectivity index (χ4v) is 1.64. The van der Waals surface area contributed by atoms with Crippen LogP contribution in [0.5, 0.6) is 0 Å². The van der Waals surface area contributed by atoms with Crippen LogP contribution in [0.25, 0.3) is 0 Å². The Balaban J connectivity index is 2.81. The van der Waals surface area contributed by atoms with Gasteiger partial charge >= 0.3 is 0 Å². The number of rotatable bonds is 2. The van der Waals surface area contributed by atoms with Crippen molar-refractivity contribution in [1.29, 1.82) is 0 Å². The van der Waals surface area contributed by atoms with Crippen molar-refractivity contribution >= 4 is 0 Å². The van der Waals surface area contributed by atoms with E-state index in [9.17, 15) is 5.11 Å². The molecular weight excluding hydrogens is 142 g/mol. The lowest BCUT2D eigenvalue weighted by atomic mass is 9.74. The van der Waals surface area contributed by atoms with Crippen LogP contribution in [0.3, 0.4) is 0 Å². The topological polar surface area (TPSA) is 55.5 Å². The van der Waals surface area contributed by atoms with Gasteiger partial charge in [0.25, 0.3) is 0 Å². The van der Waals surface area contributed by atoms with E-state index in [1.54, 1.807) is 0 Å². The lowest BCUT2D eigenvalue weighted by Crippen LogP contribution is -2.48. The summed E-state index contributed by atoms with van der Waals surface area (Å²) in [4.78, 5) is 0. The van der Waals surface area contributed by atoms with E-state index in [0.717, 1.165) is 6.42 Å². The largest absolute Gasteiger partial charge is 0.396 e. The van der Waals surface area contributed by atoms with Gasteiger partial charge in [0.15, 0.2) is 0 Å². The first-order chi connectivity index (χ1) is 5.08. The van der Waals surface area contributed by atoms with Crippen molar-refractivity contribution in [3.63, 3.8) is 0 Å². The number of aliphatic hydroxyl groups is 1. The molecule has 0 bridgehead atoms. The fraction of sp³-hybridized carbons (Fsp3) is 1.00. The molecule has 3 heteroatoms. The second kappa shape index (κ2) is 2.73. The second-order valence-corrected chi connectivity index (χ2v) is 3.75. The van der Waals surface area contributed by atoms with E-state index in [2.05, 4.69) is 0 Å².